The number of carbonyl (C=O) groups excluding carboxylic acids is 3. The van der Waals surface area contributed by atoms with Crippen LogP contribution in [0, 0.1) is 6.92 Å². The number of nitrogens with one attached hydrogen (secondary N) is 2. The van der Waals surface area contributed by atoms with E-state index < -0.39 is 33.2 Å². The number of hydrogen-bond donors (Lipinski definition) is 2. The van der Waals surface area contributed by atoms with Gasteiger partial charge in [0.05, 0.1) is 24.5 Å². The summed E-state index contributed by atoms with van der Waals surface area (Å²) in [5, 5.41) is 5.21. The average molecular weight is 704 g/mol. The smallest absolute Gasteiger partial charge is 0.416 e. The fourth-order valence-electron chi connectivity index (χ4n) is 5.60. The molecule has 1 saturated heterocycles. The van der Waals surface area contributed by atoms with E-state index in [1.807, 2.05) is 0 Å². The predicted octanol–water partition coefficient (Wildman–Crippen LogP) is 3.63. The summed E-state index contributed by atoms with van der Waals surface area (Å²) >= 11 is 0. The summed E-state index contributed by atoms with van der Waals surface area (Å²) in [5.41, 5.74) is -0.411. The van der Waals surface area contributed by atoms with Crippen LogP contribution in [0.15, 0.2) is 66.7 Å². The van der Waals surface area contributed by atoms with Gasteiger partial charge in [0.2, 0.25) is 15.9 Å². The lowest BCUT2D eigenvalue weighted by Crippen LogP contribution is -2.50. The van der Waals surface area contributed by atoms with Crippen molar-refractivity contribution in [2.45, 2.75) is 44.3 Å². The molecule has 2 aromatic rings. The van der Waals surface area contributed by atoms with Crippen molar-refractivity contribution < 1.29 is 40.7 Å². The van der Waals surface area contributed by atoms with Gasteiger partial charge < -0.3 is 20.3 Å². The number of alkyl halides is 3. The molecule has 264 valence electrons. The number of ether oxygens (including phenoxy) is 1. The van der Waals surface area contributed by atoms with Gasteiger partial charge in [0, 0.05) is 37.8 Å². The number of sulfonamides is 1. The molecule has 49 heavy (non-hydrogen) atoms. The summed E-state index contributed by atoms with van der Waals surface area (Å²) < 4.78 is 74.4. The topological polar surface area (TPSA) is 137 Å². The number of likely N-dealkylation sites (N-methyl/N-ethyl adjacent to an activating group) is 1. The van der Waals surface area contributed by atoms with Crippen LogP contribution in [-0.4, -0.2) is 92.3 Å². The number of amidine groups is 1. The van der Waals surface area contributed by atoms with Crippen molar-refractivity contribution in [3.8, 4) is 5.75 Å². The van der Waals surface area contributed by atoms with E-state index in [4.69, 9.17) is 4.74 Å². The maximum absolute atomic E-state index is 13.7. The zero-order chi connectivity index (χ0) is 36.0. The molecule has 2 aliphatic rings. The molecular weight excluding hydrogens is 663 g/mol. The molecule has 0 bridgehead atoms. The predicted molar refractivity (Wildman–Crippen MR) is 179 cm³/mol. The first-order chi connectivity index (χ1) is 23.1. The lowest BCUT2D eigenvalue weighted by Gasteiger charge is -2.34. The van der Waals surface area contributed by atoms with E-state index in [0.29, 0.717) is 12.0 Å². The van der Waals surface area contributed by atoms with Crippen LogP contribution in [0.2, 0.25) is 0 Å². The Morgan fingerprint density at radius 1 is 1.14 bits per heavy atom. The summed E-state index contributed by atoms with van der Waals surface area (Å²) in [7, 11) is -2.24. The SMILES string of the molecule is C=CCCOc1cc(C2=NC3(CCN(S(=O)(=O)CCc4ccc(C(=O)N(C)CC(=O)NCC=C)cc4C)CC3)C(=O)N2)cc(C(F)(F)F)c1. The summed E-state index contributed by atoms with van der Waals surface area (Å²) in [6, 6.07) is 8.09. The van der Waals surface area contributed by atoms with Crippen molar-refractivity contribution in [3.63, 3.8) is 0 Å². The molecule has 1 spiro atoms. The average Bonchev–Trinajstić information content (AvgIpc) is 3.37. The monoisotopic (exact) mass is 703 g/mol. The molecule has 0 unspecified atom stereocenters. The molecule has 2 aliphatic heterocycles. The highest BCUT2D eigenvalue weighted by Crippen LogP contribution is 2.36. The number of carbonyl (C=O) groups is 3. The number of rotatable bonds is 14. The van der Waals surface area contributed by atoms with Gasteiger partial charge in [0.1, 0.15) is 17.1 Å². The van der Waals surface area contributed by atoms with E-state index in [2.05, 4.69) is 28.8 Å². The fraction of sp³-hybridized carbons (Fsp3) is 0.412. The molecule has 15 heteroatoms. The second-order valence-corrected chi connectivity index (χ2v) is 14.1. The normalized spacial score (nSPS) is 16.1. The van der Waals surface area contributed by atoms with Gasteiger partial charge in [-0.1, -0.05) is 18.2 Å². The molecule has 1 fully saturated rings. The quantitative estimate of drug-likeness (QED) is 0.228. The molecule has 2 aromatic carbocycles. The standard InChI is InChI=1S/C34H40F3N5O6S/c1-5-7-16-48-28-20-26(19-27(21-28)34(35,36)37)30-39-32(45)33(40-30)11-14-42(15-12-33)49(46,47)17-10-24-8-9-25(18-23(24)3)31(44)41(4)22-29(43)38-13-6-2/h5-6,8-9,18-21H,1-2,7,10-17,22H2,3-4H3,(H,38,43)(H,39,40,45). The van der Waals surface area contributed by atoms with Gasteiger partial charge in [-0.15, -0.1) is 13.2 Å². The van der Waals surface area contributed by atoms with Crippen LogP contribution in [0.1, 0.15) is 51.9 Å². The molecule has 2 heterocycles. The third-order valence-electron chi connectivity index (χ3n) is 8.41. The highest BCUT2D eigenvalue weighted by atomic mass is 32.2. The molecule has 4 rings (SSSR count). The van der Waals surface area contributed by atoms with E-state index in [9.17, 15) is 36.0 Å². The van der Waals surface area contributed by atoms with Crippen LogP contribution in [-0.2, 0) is 32.2 Å². The zero-order valence-corrected chi connectivity index (χ0v) is 28.3. The molecular formula is C34H40F3N5O6S. The van der Waals surface area contributed by atoms with E-state index in [0.717, 1.165) is 23.3 Å². The summed E-state index contributed by atoms with van der Waals surface area (Å²) in [5.74, 6) is -1.45. The van der Waals surface area contributed by atoms with E-state index in [-0.39, 0.29) is 86.8 Å². The van der Waals surface area contributed by atoms with E-state index in [1.165, 1.54) is 28.4 Å². The highest BCUT2D eigenvalue weighted by Gasteiger charge is 2.47. The molecule has 3 amide bonds. The first-order valence-corrected chi connectivity index (χ1v) is 17.3. The third kappa shape index (κ3) is 9.15. The third-order valence-corrected chi connectivity index (χ3v) is 10.3. The van der Waals surface area contributed by atoms with Gasteiger partial charge in [-0.2, -0.15) is 13.2 Å². The van der Waals surface area contributed by atoms with Gasteiger partial charge in [0.25, 0.3) is 11.8 Å². The van der Waals surface area contributed by atoms with Crippen molar-refractivity contribution in [1.29, 1.82) is 0 Å². The molecule has 11 nitrogen and oxygen atoms in total. The van der Waals surface area contributed by atoms with Crippen LogP contribution in [0.25, 0.3) is 0 Å². The minimum Gasteiger partial charge on any atom is -0.493 e. The Labute approximate surface area is 283 Å². The van der Waals surface area contributed by atoms with Gasteiger partial charge in [-0.3, -0.25) is 19.4 Å². The number of aliphatic imine (C=N–C) groups is 1. The minimum atomic E-state index is -4.66. The molecule has 0 atom stereocenters. The number of nitrogens with zero attached hydrogens (tertiary/aromatic N) is 3. The van der Waals surface area contributed by atoms with Crippen LogP contribution in [0.3, 0.4) is 0 Å². The Morgan fingerprint density at radius 2 is 1.86 bits per heavy atom. The molecule has 0 radical (unpaired) electrons. The first-order valence-electron chi connectivity index (χ1n) is 15.7. The van der Waals surface area contributed by atoms with Crippen LogP contribution in [0.4, 0.5) is 13.2 Å². The van der Waals surface area contributed by atoms with Crippen LogP contribution < -0.4 is 15.4 Å². The number of halogens is 3. The first kappa shape index (κ1) is 37.3. The van der Waals surface area contributed by atoms with Crippen molar-refractivity contribution in [2.75, 3.05) is 45.6 Å². The van der Waals surface area contributed by atoms with Gasteiger partial charge in [0.15, 0.2) is 0 Å². The van der Waals surface area contributed by atoms with Crippen LogP contribution in [0.5, 0.6) is 5.75 Å². The van der Waals surface area contributed by atoms with Crippen LogP contribution >= 0.6 is 0 Å². The van der Waals surface area contributed by atoms with Gasteiger partial charge >= 0.3 is 6.18 Å². The Kier molecular flexibility index (Phi) is 11.7. The van der Waals surface area contributed by atoms with E-state index in [1.54, 1.807) is 31.2 Å². The number of aryl methyl sites for hydroxylation is 2. The summed E-state index contributed by atoms with van der Waals surface area (Å²) in [6.07, 6.45) is -0.836. The summed E-state index contributed by atoms with van der Waals surface area (Å²) in [4.78, 5) is 43.7. The molecule has 0 aliphatic carbocycles. The number of benzene rings is 2. The largest absolute Gasteiger partial charge is 0.493 e. The Bertz CT molecular complexity index is 1750. The Morgan fingerprint density at radius 3 is 2.49 bits per heavy atom. The van der Waals surface area contributed by atoms with Gasteiger partial charge in [-0.25, -0.2) is 12.7 Å². The van der Waals surface area contributed by atoms with Crippen molar-refractivity contribution >= 4 is 33.6 Å². The van der Waals surface area contributed by atoms with Crippen molar-refractivity contribution in [3.05, 3.63) is 89.5 Å². The second kappa shape index (κ2) is 15.4. The number of piperidine rings is 1. The van der Waals surface area contributed by atoms with E-state index >= 15 is 0 Å². The molecule has 0 saturated carbocycles. The van der Waals surface area contributed by atoms with Gasteiger partial charge in [-0.05, 0) is 74.1 Å². The number of hydrogen-bond acceptors (Lipinski definition) is 7. The van der Waals surface area contributed by atoms with Crippen molar-refractivity contribution in [1.82, 2.24) is 19.8 Å². The Hall–Kier alpha value is -4.50. The maximum Gasteiger partial charge on any atom is 0.416 e. The minimum absolute atomic E-state index is 0.00414. The lowest BCUT2D eigenvalue weighted by molar-refractivity contribution is -0.137. The maximum atomic E-state index is 13.7. The molecule has 0 aromatic heterocycles. The van der Waals surface area contributed by atoms with Crippen molar-refractivity contribution in [2.24, 2.45) is 4.99 Å². The second-order valence-electron chi connectivity index (χ2n) is 12.0. The lowest BCUT2D eigenvalue weighted by atomic mass is 9.89. The zero-order valence-electron chi connectivity index (χ0n) is 27.4. The number of amides is 3. The summed E-state index contributed by atoms with van der Waals surface area (Å²) in [6.45, 7) is 9.16. The fourth-order valence-corrected chi connectivity index (χ4v) is 7.07. The highest BCUT2D eigenvalue weighted by molar-refractivity contribution is 7.89. The molecule has 2 N–H and O–H groups in total. The Balaban J connectivity index is 1.40.